The van der Waals surface area contributed by atoms with Crippen molar-refractivity contribution in [3.8, 4) is 11.4 Å². The average Bonchev–Trinajstić information content (AvgIpc) is 3.31. The highest BCUT2D eigenvalue weighted by atomic mass is 19.4. The summed E-state index contributed by atoms with van der Waals surface area (Å²) >= 11 is 0. The van der Waals surface area contributed by atoms with Crippen LogP contribution in [0.15, 0.2) is 35.1 Å². The van der Waals surface area contributed by atoms with Gasteiger partial charge in [0.1, 0.15) is 0 Å². The fourth-order valence-electron chi connectivity index (χ4n) is 3.45. The Morgan fingerprint density at radius 1 is 1.25 bits per heavy atom. The Morgan fingerprint density at radius 2 is 2.11 bits per heavy atom. The lowest BCUT2D eigenvalue weighted by molar-refractivity contribution is -0.159. The number of piperidine rings is 1. The van der Waals surface area contributed by atoms with Crippen molar-refractivity contribution >= 4 is 0 Å². The number of aromatic nitrogens is 5. The van der Waals surface area contributed by atoms with Gasteiger partial charge in [-0.15, -0.1) is 0 Å². The molecule has 4 heterocycles. The third-order valence-electron chi connectivity index (χ3n) is 4.79. The number of alkyl halides is 3. The molecule has 0 aromatic carbocycles. The van der Waals surface area contributed by atoms with Crippen LogP contribution in [0.3, 0.4) is 0 Å². The van der Waals surface area contributed by atoms with E-state index in [-0.39, 0.29) is 11.7 Å². The lowest BCUT2D eigenvalue weighted by atomic mass is 9.94. The number of pyridine rings is 1. The van der Waals surface area contributed by atoms with E-state index in [2.05, 4.69) is 29.6 Å². The summed E-state index contributed by atoms with van der Waals surface area (Å²) in [5.41, 5.74) is 2.34. The smallest absolute Gasteiger partial charge is 0.329 e. The Kier molecular flexibility index (Phi) is 4.88. The van der Waals surface area contributed by atoms with Crippen molar-refractivity contribution in [2.45, 2.75) is 31.5 Å². The standard InChI is InChI=1S/C18H19F3N6O/c1-26-8-6-14(24-26)11-27-7-2-3-13(10-27)15-5-4-12(9-22-15)16-23-17(28-25-16)18(19,20)21/h4-6,8-9,13H,2-3,7,10-11H2,1H3/t13-/m1/s1. The normalized spacial score (nSPS) is 18.5. The van der Waals surface area contributed by atoms with Gasteiger partial charge in [-0.3, -0.25) is 14.6 Å². The molecule has 0 radical (unpaired) electrons. The highest BCUT2D eigenvalue weighted by molar-refractivity contribution is 5.52. The summed E-state index contributed by atoms with van der Waals surface area (Å²) < 4.78 is 43.9. The van der Waals surface area contributed by atoms with Crippen molar-refractivity contribution in [3.63, 3.8) is 0 Å². The zero-order valence-electron chi connectivity index (χ0n) is 15.2. The topological polar surface area (TPSA) is 72.9 Å². The van der Waals surface area contributed by atoms with Crippen LogP contribution >= 0.6 is 0 Å². The lowest BCUT2D eigenvalue weighted by Crippen LogP contribution is -2.34. The van der Waals surface area contributed by atoms with Gasteiger partial charge in [-0.2, -0.15) is 23.3 Å². The summed E-state index contributed by atoms with van der Waals surface area (Å²) in [4.78, 5) is 10.2. The Morgan fingerprint density at radius 3 is 2.75 bits per heavy atom. The van der Waals surface area contributed by atoms with Gasteiger partial charge < -0.3 is 4.52 Å². The van der Waals surface area contributed by atoms with Crippen LogP contribution in [0.4, 0.5) is 13.2 Å². The number of nitrogens with zero attached hydrogens (tertiary/aromatic N) is 6. The molecule has 1 aliphatic heterocycles. The summed E-state index contributed by atoms with van der Waals surface area (Å²) in [5.74, 6) is -1.21. The second kappa shape index (κ2) is 7.34. The molecule has 1 saturated heterocycles. The molecule has 0 bridgehead atoms. The van der Waals surface area contributed by atoms with Gasteiger partial charge in [0.05, 0.1) is 5.69 Å². The van der Waals surface area contributed by atoms with E-state index in [0.717, 1.165) is 43.9 Å². The second-order valence-corrected chi connectivity index (χ2v) is 6.95. The fraction of sp³-hybridized carbons (Fsp3) is 0.444. The van der Waals surface area contributed by atoms with E-state index in [9.17, 15) is 13.2 Å². The van der Waals surface area contributed by atoms with E-state index in [0.29, 0.717) is 5.56 Å². The van der Waals surface area contributed by atoms with Gasteiger partial charge in [-0.05, 0) is 37.6 Å². The molecule has 0 saturated carbocycles. The minimum atomic E-state index is -4.65. The number of halogens is 3. The molecule has 7 nitrogen and oxygen atoms in total. The van der Waals surface area contributed by atoms with Crippen LogP contribution in [0.25, 0.3) is 11.4 Å². The summed E-state index contributed by atoms with van der Waals surface area (Å²) in [6.45, 7) is 2.66. The second-order valence-electron chi connectivity index (χ2n) is 6.95. The predicted octanol–water partition coefficient (Wildman–Crippen LogP) is 3.26. The summed E-state index contributed by atoms with van der Waals surface area (Å²) in [5, 5.41) is 7.82. The number of hydrogen-bond donors (Lipinski definition) is 0. The fourth-order valence-corrected chi connectivity index (χ4v) is 3.45. The third kappa shape index (κ3) is 4.06. The largest absolute Gasteiger partial charge is 0.471 e. The number of hydrogen-bond acceptors (Lipinski definition) is 6. The molecule has 3 aromatic heterocycles. The molecule has 28 heavy (non-hydrogen) atoms. The summed E-state index contributed by atoms with van der Waals surface area (Å²) in [6.07, 6.45) is 0.848. The van der Waals surface area contributed by atoms with Crippen LogP contribution < -0.4 is 0 Å². The molecule has 0 aliphatic carbocycles. The average molecular weight is 392 g/mol. The summed E-state index contributed by atoms with van der Waals surface area (Å²) in [6, 6.07) is 5.52. The van der Waals surface area contributed by atoms with Crippen LogP contribution in [-0.2, 0) is 19.8 Å². The highest BCUT2D eigenvalue weighted by Gasteiger charge is 2.38. The Bertz CT molecular complexity index is 933. The van der Waals surface area contributed by atoms with Crippen molar-refractivity contribution in [3.05, 3.63) is 47.9 Å². The van der Waals surface area contributed by atoms with Crippen LogP contribution in [0, 0.1) is 0 Å². The molecule has 1 aliphatic rings. The van der Waals surface area contributed by atoms with Crippen LogP contribution in [0.2, 0.25) is 0 Å². The Hall–Kier alpha value is -2.75. The van der Waals surface area contributed by atoms with E-state index in [4.69, 9.17) is 0 Å². The van der Waals surface area contributed by atoms with Crippen molar-refractivity contribution in [2.75, 3.05) is 13.1 Å². The first-order chi connectivity index (χ1) is 13.4. The SMILES string of the molecule is Cn1ccc(CN2CCC[C@@H](c3ccc(-c4noc(C(F)(F)F)n4)cn3)C2)n1. The van der Waals surface area contributed by atoms with Gasteiger partial charge in [-0.1, -0.05) is 5.16 Å². The van der Waals surface area contributed by atoms with Crippen LogP contribution in [0.1, 0.15) is 36.0 Å². The zero-order valence-corrected chi connectivity index (χ0v) is 15.2. The lowest BCUT2D eigenvalue weighted by Gasteiger charge is -2.31. The maximum absolute atomic E-state index is 12.6. The van der Waals surface area contributed by atoms with Gasteiger partial charge in [0.15, 0.2) is 0 Å². The van der Waals surface area contributed by atoms with E-state index >= 15 is 0 Å². The first kappa shape index (κ1) is 18.6. The first-order valence-corrected chi connectivity index (χ1v) is 8.96. The highest BCUT2D eigenvalue weighted by Crippen LogP contribution is 2.30. The molecule has 0 amide bonds. The van der Waals surface area contributed by atoms with E-state index in [1.807, 2.05) is 25.4 Å². The molecular weight excluding hydrogens is 373 g/mol. The Balaban J connectivity index is 1.43. The van der Waals surface area contributed by atoms with Crippen molar-refractivity contribution in [1.29, 1.82) is 0 Å². The molecule has 0 unspecified atom stereocenters. The maximum atomic E-state index is 12.6. The van der Waals surface area contributed by atoms with Gasteiger partial charge >= 0.3 is 12.1 Å². The molecule has 148 valence electrons. The van der Waals surface area contributed by atoms with Crippen molar-refractivity contribution in [1.82, 2.24) is 29.8 Å². The van der Waals surface area contributed by atoms with E-state index in [1.165, 1.54) is 6.20 Å². The first-order valence-electron chi connectivity index (χ1n) is 8.96. The molecule has 0 spiro atoms. The van der Waals surface area contributed by atoms with Crippen LogP contribution in [-0.4, -0.2) is 42.9 Å². The molecule has 3 aromatic rings. The van der Waals surface area contributed by atoms with E-state index in [1.54, 1.807) is 10.7 Å². The molecule has 1 atom stereocenters. The zero-order chi connectivity index (χ0) is 19.7. The van der Waals surface area contributed by atoms with Gasteiger partial charge in [0, 0.05) is 49.7 Å². The van der Waals surface area contributed by atoms with Crippen molar-refractivity contribution in [2.24, 2.45) is 7.05 Å². The quantitative estimate of drug-likeness (QED) is 0.679. The minimum absolute atomic E-state index is 0.119. The molecule has 10 heteroatoms. The molecule has 4 rings (SSSR count). The van der Waals surface area contributed by atoms with E-state index < -0.39 is 12.1 Å². The molecule has 0 N–H and O–H groups in total. The summed E-state index contributed by atoms with van der Waals surface area (Å²) in [7, 11) is 1.90. The predicted molar refractivity (Wildman–Crippen MR) is 93.0 cm³/mol. The maximum Gasteiger partial charge on any atom is 0.471 e. The minimum Gasteiger partial charge on any atom is -0.329 e. The number of rotatable bonds is 4. The number of likely N-dealkylation sites (tertiary alicyclic amines) is 1. The third-order valence-corrected chi connectivity index (χ3v) is 4.79. The Labute approximate surface area is 159 Å². The number of aryl methyl sites for hydroxylation is 1. The van der Waals surface area contributed by atoms with Gasteiger partial charge in [-0.25, -0.2) is 0 Å². The molecular formula is C18H19F3N6O. The van der Waals surface area contributed by atoms with Gasteiger partial charge in [0.2, 0.25) is 5.82 Å². The van der Waals surface area contributed by atoms with Crippen molar-refractivity contribution < 1.29 is 17.7 Å². The van der Waals surface area contributed by atoms with Crippen LogP contribution in [0.5, 0.6) is 0 Å². The molecule has 1 fully saturated rings. The monoisotopic (exact) mass is 392 g/mol. The van der Waals surface area contributed by atoms with Gasteiger partial charge in [0.25, 0.3) is 0 Å².